The Kier molecular flexibility index (Phi) is 3.31. The van der Waals surface area contributed by atoms with Crippen molar-refractivity contribution in [3.63, 3.8) is 0 Å². The molecule has 0 unspecified atom stereocenters. The van der Waals surface area contributed by atoms with E-state index in [2.05, 4.69) is 9.97 Å². The van der Waals surface area contributed by atoms with E-state index >= 15 is 0 Å². The van der Waals surface area contributed by atoms with Crippen molar-refractivity contribution in [1.29, 1.82) is 0 Å². The van der Waals surface area contributed by atoms with Crippen molar-refractivity contribution in [2.45, 2.75) is 12.8 Å². The molecule has 1 heterocycles. The normalized spacial score (nSPS) is 10.6. The van der Waals surface area contributed by atoms with Gasteiger partial charge < -0.3 is 10.1 Å². The molecule has 2 aromatic rings. The zero-order valence-corrected chi connectivity index (χ0v) is 8.78. The predicted octanol–water partition coefficient (Wildman–Crippen LogP) is 2.14. The summed E-state index contributed by atoms with van der Waals surface area (Å²) in [5.74, 6) is 0.507. The average molecular weight is 220 g/mol. The van der Waals surface area contributed by atoms with Gasteiger partial charge in [0, 0.05) is 18.6 Å². The standard InChI is InChI=1S/C12H13FN2O/c13-10-5-2-1-4-9(10)11-8-14-12(15-11)6-3-7-16/h1-2,4-5,8,16H,3,6-7H2,(H,14,15). The molecule has 0 aliphatic rings. The van der Waals surface area contributed by atoms with Gasteiger partial charge in [-0.3, -0.25) is 0 Å². The summed E-state index contributed by atoms with van der Waals surface area (Å²) in [6, 6.07) is 6.57. The summed E-state index contributed by atoms with van der Waals surface area (Å²) in [6.45, 7) is 0.135. The molecule has 0 aliphatic heterocycles. The second-order valence-electron chi connectivity index (χ2n) is 3.55. The van der Waals surface area contributed by atoms with E-state index in [1.54, 1.807) is 24.4 Å². The van der Waals surface area contributed by atoms with E-state index in [1.807, 2.05) is 0 Å². The number of hydrogen-bond donors (Lipinski definition) is 2. The van der Waals surface area contributed by atoms with Gasteiger partial charge in [-0.05, 0) is 18.6 Å². The molecule has 84 valence electrons. The van der Waals surface area contributed by atoms with E-state index in [1.165, 1.54) is 6.07 Å². The number of nitrogens with zero attached hydrogens (tertiary/aromatic N) is 1. The molecular formula is C12H13FN2O. The maximum atomic E-state index is 13.4. The number of H-pyrrole nitrogens is 1. The van der Waals surface area contributed by atoms with Crippen LogP contribution in [-0.4, -0.2) is 21.7 Å². The monoisotopic (exact) mass is 220 g/mol. The van der Waals surface area contributed by atoms with Gasteiger partial charge in [-0.15, -0.1) is 0 Å². The fraction of sp³-hybridized carbons (Fsp3) is 0.250. The first-order valence-electron chi connectivity index (χ1n) is 5.21. The Balaban J connectivity index is 2.22. The highest BCUT2D eigenvalue weighted by Gasteiger charge is 2.07. The van der Waals surface area contributed by atoms with E-state index in [-0.39, 0.29) is 12.4 Å². The predicted molar refractivity (Wildman–Crippen MR) is 59.4 cm³/mol. The molecule has 0 spiro atoms. The Hall–Kier alpha value is -1.68. The van der Waals surface area contributed by atoms with E-state index in [9.17, 15) is 4.39 Å². The molecule has 0 atom stereocenters. The number of imidazole rings is 1. The zero-order valence-electron chi connectivity index (χ0n) is 8.78. The minimum absolute atomic E-state index is 0.135. The second kappa shape index (κ2) is 4.90. The molecule has 0 amide bonds. The molecule has 2 N–H and O–H groups in total. The number of benzene rings is 1. The molecule has 0 aliphatic carbocycles. The molecular weight excluding hydrogens is 207 g/mol. The van der Waals surface area contributed by atoms with Crippen molar-refractivity contribution in [2.24, 2.45) is 0 Å². The number of rotatable bonds is 4. The molecule has 1 aromatic carbocycles. The zero-order chi connectivity index (χ0) is 11.4. The third-order valence-electron chi connectivity index (χ3n) is 2.36. The lowest BCUT2D eigenvalue weighted by molar-refractivity contribution is 0.287. The van der Waals surface area contributed by atoms with Crippen LogP contribution in [0, 0.1) is 5.82 Å². The highest BCUT2D eigenvalue weighted by molar-refractivity contribution is 5.59. The van der Waals surface area contributed by atoms with Crippen LogP contribution in [0.4, 0.5) is 4.39 Å². The molecule has 0 radical (unpaired) electrons. The number of aryl methyl sites for hydroxylation is 1. The Bertz CT molecular complexity index is 468. The van der Waals surface area contributed by atoms with Crippen LogP contribution in [-0.2, 0) is 6.42 Å². The van der Waals surface area contributed by atoms with E-state index in [0.29, 0.717) is 24.1 Å². The fourth-order valence-electron chi connectivity index (χ4n) is 1.55. The summed E-state index contributed by atoms with van der Waals surface area (Å²) in [4.78, 5) is 7.18. The second-order valence-corrected chi connectivity index (χ2v) is 3.55. The third-order valence-corrected chi connectivity index (χ3v) is 2.36. The van der Waals surface area contributed by atoms with Crippen LogP contribution in [0.3, 0.4) is 0 Å². The number of aliphatic hydroxyl groups is 1. The fourth-order valence-corrected chi connectivity index (χ4v) is 1.55. The Morgan fingerprint density at radius 3 is 2.88 bits per heavy atom. The topological polar surface area (TPSA) is 48.9 Å². The van der Waals surface area contributed by atoms with Crippen LogP contribution < -0.4 is 0 Å². The van der Waals surface area contributed by atoms with Gasteiger partial charge in [-0.2, -0.15) is 0 Å². The summed E-state index contributed by atoms with van der Waals surface area (Å²) in [7, 11) is 0. The SMILES string of the molecule is OCCCc1ncc(-c2ccccc2F)[nH]1. The van der Waals surface area contributed by atoms with E-state index in [0.717, 1.165) is 5.82 Å². The molecule has 0 saturated carbocycles. The lowest BCUT2D eigenvalue weighted by Crippen LogP contribution is -1.91. The highest BCUT2D eigenvalue weighted by atomic mass is 19.1. The number of aliphatic hydroxyl groups excluding tert-OH is 1. The molecule has 3 nitrogen and oxygen atoms in total. The summed E-state index contributed by atoms with van der Waals surface area (Å²) < 4.78 is 13.4. The number of hydrogen-bond acceptors (Lipinski definition) is 2. The Morgan fingerprint density at radius 2 is 2.12 bits per heavy atom. The molecule has 2 rings (SSSR count). The molecule has 16 heavy (non-hydrogen) atoms. The molecule has 0 fully saturated rings. The van der Waals surface area contributed by atoms with Crippen molar-refractivity contribution < 1.29 is 9.50 Å². The maximum absolute atomic E-state index is 13.4. The van der Waals surface area contributed by atoms with Crippen LogP contribution in [0.1, 0.15) is 12.2 Å². The van der Waals surface area contributed by atoms with Gasteiger partial charge in [0.05, 0.1) is 11.9 Å². The molecule has 0 bridgehead atoms. The average Bonchev–Trinajstić information content (AvgIpc) is 2.75. The first-order valence-corrected chi connectivity index (χ1v) is 5.21. The highest BCUT2D eigenvalue weighted by Crippen LogP contribution is 2.20. The lowest BCUT2D eigenvalue weighted by atomic mass is 10.1. The Morgan fingerprint density at radius 1 is 1.31 bits per heavy atom. The van der Waals surface area contributed by atoms with Crippen LogP contribution in [0.5, 0.6) is 0 Å². The third kappa shape index (κ3) is 2.28. The van der Waals surface area contributed by atoms with Crippen LogP contribution >= 0.6 is 0 Å². The quantitative estimate of drug-likeness (QED) is 0.829. The van der Waals surface area contributed by atoms with Crippen LogP contribution in [0.2, 0.25) is 0 Å². The van der Waals surface area contributed by atoms with E-state index < -0.39 is 0 Å². The van der Waals surface area contributed by atoms with Crippen molar-refractivity contribution in [1.82, 2.24) is 9.97 Å². The largest absolute Gasteiger partial charge is 0.396 e. The van der Waals surface area contributed by atoms with Crippen LogP contribution in [0.25, 0.3) is 11.3 Å². The molecule has 4 heteroatoms. The van der Waals surface area contributed by atoms with Crippen molar-refractivity contribution in [3.05, 3.63) is 42.1 Å². The van der Waals surface area contributed by atoms with Gasteiger partial charge in [-0.25, -0.2) is 9.37 Å². The maximum Gasteiger partial charge on any atom is 0.132 e. The first kappa shape index (κ1) is 10.8. The van der Waals surface area contributed by atoms with Gasteiger partial charge >= 0.3 is 0 Å². The summed E-state index contributed by atoms with van der Waals surface area (Å²) in [5.41, 5.74) is 1.19. The van der Waals surface area contributed by atoms with Crippen molar-refractivity contribution in [3.8, 4) is 11.3 Å². The smallest absolute Gasteiger partial charge is 0.132 e. The summed E-state index contributed by atoms with van der Waals surface area (Å²) in [6.07, 6.45) is 2.94. The van der Waals surface area contributed by atoms with Gasteiger partial charge in [0.25, 0.3) is 0 Å². The van der Waals surface area contributed by atoms with Crippen LogP contribution in [0.15, 0.2) is 30.5 Å². The van der Waals surface area contributed by atoms with Gasteiger partial charge in [0.15, 0.2) is 0 Å². The number of halogens is 1. The van der Waals surface area contributed by atoms with Crippen molar-refractivity contribution in [2.75, 3.05) is 6.61 Å². The number of aromatic nitrogens is 2. The van der Waals surface area contributed by atoms with Gasteiger partial charge in [0.1, 0.15) is 11.6 Å². The summed E-state index contributed by atoms with van der Waals surface area (Å²) >= 11 is 0. The van der Waals surface area contributed by atoms with Gasteiger partial charge in [0.2, 0.25) is 0 Å². The van der Waals surface area contributed by atoms with Gasteiger partial charge in [-0.1, -0.05) is 12.1 Å². The Labute approximate surface area is 93.0 Å². The molecule has 0 saturated heterocycles. The van der Waals surface area contributed by atoms with Crippen molar-refractivity contribution >= 4 is 0 Å². The first-order chi connectivity index (χ1) is 7.81. The minimum atomic E-state index is -0.264. The lowest BCUT2D eigenvalue weighted by Gasteiger charge is -1.98. The van der Waals surface area contributed by atoms with E-state index in [4.69, 9.17) is 5.11 Å². The number of aromatic amines is 1. The summed E-state index contributed by atoms with van der Waals surface area (Å²) in [5, 5.41) is 8.69. The minimum Gasteiger partial charge on any atom is -0.396 e. The molecule has 1 aromatic heterocycles. The number of nitrogens with one attached hydrogen (secondary N) is 1.